The maximum atomic E-state index is 10.5. The molecule has 0 spiro atoms. The molecule has 0 bridgehead atoms. The quantitative estimate of drug-likeness (QED) is 0.693. The van der Waals surface area contributed by atoms with Gasteiger partial charge in [0.1, 0.15) is 12.4 Å². The Balaban J connectivity index is 1.45. The monoisotopic (exact) mass is 363 g/mol. The van der Waals surface area contributed by atoms with E-state index in [0.29, 0.717) is 13.2 Å². The Morgan fingerprint density at radius 2 is 1.77 bits per heavy atom. The van der Waals surface area contributed by atoms with Gasteiger partial charge in [0.2, 0.25) is 0 Å². The van der Waals surface area contributed by atoms with Crippen LogP contribution < -0.4 is 4.74 Å². The lowest BCUT2D eigenvalue weighted by Crippen LogP contribution is -2.52. The normalized spacial score (nSPS) is 25.7. The second-order valence-corrected chi connectivity index (χ2v) is 7.36. The summed E-state index contributed by atoms with van der Waals surface area (Å²) in [6.07, 6.45) is -0.250. The van der Waals surface area contributed by atoms with E-state index in [0.717, 1.165) is 58.2 Å². The van der Waals surface area contributed by atoms with Crippen molar-refractivity contribution in [1.82, 2.24) is 14.7 Å². The minimum Gasteiger partial charge on any atom is -0.491 e. The van der Waals surface area contributed by atoms with Crippen molar-refractivity contribution < 1.29 is 14.6 Å². The molecule has 146 valence electrons. The van der Waals surface area contributed by atoms with Gasteiger partial charge in [-0.2, -0.15) is 0 Å². The van der Waals surface area contributed by atoms with Gasteiger partial charge in [0.05, 0.1) is 12.7 Å². The first kappa shape index (κ1) is 19.6. The zero-order chi connectivity index (χ0) is 18.4. The van der Waals surface area contributed by atoms with E-state index in [2.05, 4.69) is 33.9 Å². The van der Waals surface area contributed by atoms with Crippen LogP contribution in [0.25, 0.3) is 0 Å². The van der Waals surface area contributed by atoms with Crippen LogP contribution in [0.2, 0.25) is 0 Å². The summed E-state index contributed by atoms with van der Waals surface area (Å²) in [7, 11) is 2.17. The lowest BCUT2D eigenvalue weighted by Gasteiger charge is -2.37. The maximum absolute atomic E-state index is 10.5. The number of rotatable bonds is 8. The van der Waals surface area contributed by atoms with E-state index < -0.39 is 0 Å². The topological polar surface area (TPSA) is 48.4 Å². The van der Waals surface area contributed by atoms with Crippen molar-refractivity contribution in [2.75, 3.05) is 66.1 Å². The Morgan fingerprint density at radius 1 is 1.04 bits per heavy atom. The SMILES string of the molecule is CCOCCOc1ccc(CN2CC(N3CCN(C)CC3)[C@@H](O)C2)cc1. The molecular formula is C20H33N3O3. The van der Waals surface area contributed by atoms with Gasteiger partial charge in [-0.05, 0) is 31.7 Å². The minimum absolute atomic E-state index is 0.250. The van der Waals surface area contributed by atoms with Gasteiger partial charge in [-0.15, -0.1) is 0 Å². The van der Waals surface area contributed by atoms with Gasteiger partial charge < -0.3 is 19.5 Å². The van der Waals surface area contributed by atoms with Crippen LogP contribution in [0.4, 0.5) is 0 Å². The van der Waals surface area contributed by atoms with Crippen LogP contribution in [-0.2, 0) is 11.3 Å². The van der Waals surface area contributed by atoms with Crippen molar-refractivity contribution in [2.45, 2.75) is 25.6 Å². The first-order valence-corrected chi connectivity index (χ1v) is 9.78. The molecule has 0 saturated carbocycles. The fraction of sp³-hybridized carbons (Fsp3) is 0.700. The summed E-state index contributed by atoms with van der Waals surface area (Å²) in [4.78, 5) is 7.17. The number of hydrogen-bond donors (Lipinski definition) is 1. The molecule has 6 heteroatoms. The molecule has 2 atom stereocenters. The molecule has 0 aromatic heterocycles. The molecule has 26 heavy (non-hydrogen) atoms. The number of β-amino-alcohol motifs (C(OH)–C–C–N with tert-alkyl or cyclic N) is 1. The Kier molecular flexibility index (Phi) is 7.28. The highest BCUT2D eigenvalue weighted by molar-refractivity contribution is 5.27. The van der Waals surface area contributed by atoms with Gasteiger partial charge in [-0.1, -0.05) is 12.1 Å². The van der Waals surface area contributed by atoms with E-state index in [9.17, 15) is 5.11 Å². The van der Waals surface area contributed by atoms with E-state index in [4.69, 9.17) is 9.47 Å². The molecule has 0 aliphatic carbocycles. The van der Waals surface area contributed by atoms with Crippen molar-refractivity contribution in [3.8, 4) is 5.75 Å². The molecule has 1 aromatic carbocycles. The molecule has 2 saturated heterocycles. The molecule has 1 aromatic rings. The van der Waals surface area contributed by atoms with Gasteiger partial charge in [0.15, 0.2) is 0 Å². The summed E-state index contributed by atoms with van der Waals surface area (Å²) in [5.41, 5.74) is 1.26. The number of likely N-dealkylation sites (tertiary alicyclic amines) is 1. The Bertz CT molecular complexity index is 532. The van der Waals surface area contributed by atoms with E-state index in [1.165, 1.54) is 5.56 Å². The van der Waals surface area contributed by atoms with Crippen LogP contribution in [0.15, 0.2) is 24.3 Å². The first-order chi connectivity index (χ1) is 12.7. The first-order valence-electron chi connectivity index (χ1n) is 9.78. The van der Waals surface area contributed by atoms with Gasteiger partial charge in [0, 0.05) is 58.5 Å². The number of aliphatic hydroxyl groups is 1. The zero-order valence-corrected chi connectivity index (χ0v) is 16.1. The third kappa shape index (κ3) is 5.41. The van der Waals surface area contributed by atoms with Gasteiger partial charge in [-0.3, -0.25) is 9.80 Å². The fourth-order valence-electron chi connectivity index (χ4n) is 3.80. The number of aliphatic hydroxyl groups excluding tert-OH is 1. The zero-order valence-electron chi connectivity index (χ0n) is 16.1. The molecule has 1 N–H and O–H groups in total. The third-order valence-electron chi connectivity index (χ3n) is 5.37. The number of piperazine rings is 1. The maximum Gasteiger partial charge on any atom is 0.119 e. The van der Waals surface area contributed by atoms with Crippen molar-refractivity contribution >= 4 is 0 Å². The summed E-state index contributed by atoms with van der Waals surface area (Å²) < 4.78 is 10.9. The van der Waals surface area contributed by atoms with Crippen molar-refractivity contribution in [3.63, 3.8) is 0 Å². The number of ether oxygens (including phenoxy) is 2. The number of benzene rings is 1. The summed E-state index contributed by atoms with van der Waals surface area (Å²) in [5, 5.41) is 10.5. The average molecular weight is 364 g/mol. The highest BCUT2D eigenvalue weighted by atomic mass is 16.5. The fourth-order valence-corrected chi connectivity index (χ4v) is 3.80. The van der Waals surface area contributed by atoms with Crippen LogP contribution in [0.1, 0.15) is 12.5 Å². The van der Waals surface area contributed by atoms with Crippen molar-refractivity contribution in [1.29, 1.82) is 0 Å². The number of hydrogen-bond acceptors (Lipinski definition) is 6. The molecule has 2 fully saturated rings. The molecule has 3 rings (SSSR count). The second kappa shape index (κ2) is 9.67. The molecule has 0 amide bonds. The smallest absolute Gasteiger partial charge is 0.119 e. The van der Waals surface area contributed by atoms with Gasteiger partial charge in [0.25, 0.3) is 0 Å². The summed E-state index contributed by atoms with van der Waals surface area (Å²) in [6, 6.07) is 8.54. The van der Waals surface area contributed by atoms with E-state index in [1.54, 1.807) is 0 Å². The average Bonchev–Trinajstić information content (AvgIpc) is 3.01. The Morgan fingerprint density at radius 3 is 2.46 bits per heavy atom. The van der Waals surface area contributed by atoms with Crippen LogP contribution in [-0.4, -0.2) is 98.1 Å². The van der Waals surface area contributed by atoms with Crippen molar-refractivity contribution in [3.05, 3.63) is 29.8 Å². The van der Waals surface area contributed by atoms with E-state index in [1.807, 2.05) is 19.1 Å². The number of likely N-dealkylation sites (N-methyl/N-ethyl adjacent to an activating group) is 1. The van der Waals surface area contributed by atoms with Crippen LogP contribution >= 0.6 is 0 Å². The molecule has 2 aliphatic rings. The summed E-state index contributed by atoms with van der Waals surface area (Å²) >= 11 is 0. The van der Waals surface area contributed by atoms with Crippen LogP contribution in [0, 0.1) is 0 Å². The van der Waals surface area contributed by atoms with Crippen LogP contribution in [0.5, 0.6) is 5.75 Å². The van der Waals surface area contributed by atoms with Crippen LogP contribution in [0.3, 0.4) is 0 Å². The minimum atomic E-state index is -0.250. The molecule has 2 heterocycles. The highest BCUT2D eigenvalue weighted by Crippen LogP contribution is 2.21. The van der Waals surface area contributed by atoms with E-state index in [-0.39, 0.29) is 12.1 Å². The molecule has 0 radical (unpaired) electrons. The molecule has 6 nitrogen and oxygen atoms in total. The highest BCUT2D eigenvalue weighted by Gasteiger charge is 2.36. The van der Waals surface area contributed by atoms with Gasteiger partial charge in [-0.25, -0.2) is 0 Å². The molecular weight excluding hydrogens is 330 g/mol. The predicted octanol–water partition coefficient (Wildman–Crippen LogP) is 0.894. The Hall–Kier alpha value is -1.18. The largest absolute Gasteiger partial charge is 0.491 e. The lowest BCUT2D eigenvalue weighted by molar-refractivity contribution is 0.0512. The molecule has 2 aliphatic heterocycles. The third-order valence-corrected chi connectivity index (χ3v) is 5.37. The lowest BCUT2D eigenvalue weighted by atomic mass is 10.1. The molecule has 1 unspecified atom stereocenters. The van der Waals surface area contributed by atoms with Crippen molar-refractivity contribution in [2.24, 2.45) is 0 Å². The van der Waals surface area contributed by atoms with Gasteiger partial charge >= 0.3 is 0 Å². The Labute approximate surface area is 157 Å². The number of nitrogens with zero attached hydrogens (tertiary/aromatic N) is 3. The standard InChI is InChI=1S/C20H33N3O3/c1-3-25-12-13-26-18-6-4-17(5-7-18)14-22-15-19(20(24)16-22)23-10-8-21(2)9-11-23/h4-7,19-20,24H,3,8-16H2,1-2H3/t19?,20-/m0/s1. The predicted molar refractivity (Wildman–Crippen MR) is 103 cm³/mol. The van der Waals surface area contributed by atoms with E-state index >= 15 is 0 Å². The summed E-state index contributed by atoms with van der Waals surface area (Å²) in [6.45, 7) is 10.8. The summed E-state index contributed by atoms with van der Waals surface area (Å²) in [5.74, 6) is 0.880. The second-order valence-electron chi connectivity index (χ2n) is 7.36.